The van der Waals surface area contributed by atoms with Gasteiger partial charge >= 0.3 is 0 Å². The number of likely N-dealkylation sites (tertiary alicyclic amines) is 1. The summed E-state index contributed by atoms with van der Waals surface area (Å²) in [4.78, 5) is 14.6. The van der Waals surface area contributed by atoms with Crippen molar-refractivity contribution >= 4 is 5.91 Å². The zero-order chi connectivity index (χ0) is 15.5. The van der Waals surface area contributed by atoms with Gasteiger partial charge in [0.1, 0.15) is 0 Å². The Hall–Kier alpha value is -1.35. The third-order valence-electron chi connectivity index (χ3n) is 5.12. The summed E-state index contributed by atoms with van der Waals surface area (Å²) in [5, 5.41) is 3.30. The molecule has 22 heavy (non-hydrogen) atoms. The molecule has 1 aliphatic heterocycles. The van der Waals surface area contributed by atoms with Gasteiger partial charge in [-0.15, -0.1) is 0 Å². The second kappa shape index (κ2) is 6.82. The van der Waals surface area contributed by atoms with Crippen LogP contribution in [-0.2, 0) is 11.3 Å². The lowest BCUT2D eigenvalue weighted by atomic mass is 9.97. The molecule has 1 N–H and O–H groups in total. The first-order valence-electron chi connectivity index (χ1n) is 8.67. The molecule has 3 rings (SSSR count). The van der Waals surface area contributed by atoms with Crippen LogP contribution in [0.4, 0.5) is 0 Å². The van der Waals surface area contributed by atoms with Crippen molar-refractivity contribution in [2.24, 2.45) is 17.8 Å². The first-order valence-corrected chi connectivity index (χ1v) is 8.67. The molecule has 1 aromatic rings. The van der Waals surface area contributed by atoms with Gasteiger partial charge in [0.2, 0.25) is 5.91 Å². The van der Waals surface area contributed by atoms with Gasteiger partial charge in [0.15, 0.2) is 0 Å². The van der Waals surface area contributed by atoms with Crippen LogP contribution in [0.25, 0.3) is 0 Å². The summed E-state index contributed by atoms with van der Waals surface area (Å²) < 4.78 is 0. The fourth-order valence-corrected chi connectivity index (χ4v) is 4.14. The molecule has 1 amide bonds. The summed E-state index contributed by atoms with van der Waals surface area (Å²) >= 11 is 0. The van der Waals surface area contributed by atoms with E-state index in [0.29, 0.717) is 24.3 Å². The molecule has 3 atom stereocenters. The molecule has 1 saturated heterocycles. The van der Waals surface area contributed by atoms with Gasteiger partial charge in [0.25, 0.3) is 0 Å². The Kier molecular flexibility index (Phi) is 4.82. The minimum absolute atomic E-state index is 0.238. The van der Waals surface area contributed by atoms with Crippen LogP contribution in [0.3, 0.4) is 0 Å². The van der Waals surface area contributed by atoms with Gasteiger partial charge in [-0.1, -0.05) is 44.2 Å². The average molecular weight is 300 g/mol. The maximum Gasteiger partial charge on any atom is 0.220 e. The Labute approximate surface area is 134 Å². The molecular formula is C19H28N2O. The van der Waals surface area contributed by atoms with E-state index in [1.165, 1.54) is 24.9 Å². The molecule has 2 aliphatic rings. The highest BCUT2D eigenvalue weighted by atomic mass is 16.1. The molecule has 2 fully saturated rings. The van der Waals surface area contributed by atoms with Gasteiger partial charge in [-0.25, -0.2) is 0 Å². The molecule has 3 nitrogen and oxygen atoms in total. The number of nitrogens with one attached hydrogen (secondary N) is 1. The van der Waals surface area contributed by atoms with Crippen molar-refractivity contribution in [3.05, 3.63) is 35.9 Å². The second-order valence-corrected chi connectivity index (χ2v) is 7.45. The highest BCUT2D eigenvalue weighted by Gasteiger charge is 2.42. The lowest BCUT2D eigenvalue weighted by Crippen LogP contribution is -2.40. The fraction of sp³-hybridized carbons (Fsp3) is 0.632. The molecule has 3 unspecified atom stereocenters. The minimum Gasteiger partial charge on any atom is -0.353 e. The van der Waals surface area contributed by atoms with E-state index in [4.69, 9.17) is 0 Å². The topological polar surface area (TPSA) is 32.3 Å². The van der Waals surface area contributed by atoms with Crippen molar-refractivity contribution in [1.29, 1.82) is 0 Å². The number of fused-ring (bicyclic) bond motifs is 1. The molecule has 1 aromatic carbocycles. The second-order valence-electron chi connectivity index (χ2n) is 7.45. The smallest absolute Gasteiger partial charge is 0.220 e. The van der Waals surface area contributed by atoms with Crippen molar-refractivity contribution in [2.45, 2.75) is 45.7 Å². The van der Waals surface area contributed by atoms with Crippen molar-refractivity contribution < 1.29 is 4.79 Å². The van der Waals surface area contributed by atoms with Gasteiger partial charge in [-0.05, 0) is 36.2 Å². The number of nitrogens with zero attached hydrogens (tertiary/aromatic N) is 1. The average Bonchev–Trinajstić information content (AvgIpc) is 3.01. The number of hydrogen-bond acceptors (Lipinski definition) is 2. The maximum absolute atomic E-state index is 12.0. The molecule has 1 saturated carbocycles. The Balaban J connectivity index is 1.53. The van der Waals surface area contributed by atoms with Gasteiger partial charge in [-0.3, -0.25) is 9.69 Å². The van der Waals surface area contributed by atoms with Crippen LogP contribution in [0.5, 0.6) is 0 Å². The van der Waals surface area contributed by atoms with Crippen LogP contribution in [-0.4, -0.2) is 29.9 Å². The Bertz CT molecular complexity index is 499. The van der Waals surface area contributed by atoms with E-state index in [0.717, 1.165) is 19.0 Å². The van der Waals surface area contributed by atoms with E-state index in [1.54, 1.807) is 0 Å². The van der Waals surface area contributed by atoms with Crippen LogP contribution >= 0.6 is 0 Å². The van der Waals surface area contributed by atoms with Gasteiger partial charge in [0.05, 0.1) is 0 Å². The van der Waals surface area contributed by atoms with Crippen LogP contribution in [0.2, 0.25) is 0 Å². The molecular weight excluding hydrogens is 272 g/mol. The Morgan fingerprint density at radius 3 is 2.73 bits per heavy atom. The molecule has 120 valence electrons. The highest BCUT2D eigenvalue weighted by molar-refractivity contribution is 5.76. The number of rotatable bonds is 5. The van der Waals surface area contributed by atoms with Crippen molar-refractivity contribution in [3.8, 4) is 0 Å². The monoisotopic (exact) mass is 300 g/mol. The zero-order valence-electron chi connectivity index (χ0n) is 13.8. The minimum atomic E-state index is 0.238. The van der Waals surface area contributed by atoms with Crippen LogP contribution < -0.4 is 5.32 Å². The van der Waals surface area contributed by atoms with E-state index in [2.05, 4.69) is 54.4 Å². The highest BCUT2D eigenvalue weighted by Crippen LogP contribution is 2.38. The quantitative estimate of drug-likeness (QED) is 0.906. The Morgan fingerprint density at radius 2 is 2.00 bits per heavy atom. The summed E-state index contributed by atoms with van der Waals surface area (Å²) in [6.07, 6.45) is 3.09. The molecule has 3 heteroatoms. The van der Waals surface area contributed by atoms with Crippen LogP contribution in [0.1, 0.15) is 38.7 Å². The molecule has 0 spiro atoms. The van der Waals surface area contributed by atoms with Gasteiger partial charge < -0.3 is 5.32 Å². The predicted molar refractivity (Wildman–Crippen MR) is 89.3 cm³/mol. The summed E-state index contributed by atoms with van der Waals surface area (Å²) in [5.41, 5.74) is 1.39. The molecule has 1 aliphatic carbocycles. The fourth-order valence-electron chi connectivity index (χ4n) is 4.14. The predicted octanol–water partition coefficient (Wildman–Crippen LogP) is 3.06. The van der Waals surface area contributed by atoms with Crippen molar-refractivity contribution in [1.82, 2.24) is 10.2 Å². The maximum atomic E-state index is 12.0. The zero-order valence-corrected chi connectivity index (χ0v) is 13.8. The summed E-state index contributed by atoms with van der Waals surface area (Å²) in [5.74, 6) is 2.10. The first-order chi connectivity index (χ1) is 10.6. The number of carbonyl (C=O) groups excluding carboxylic acids is 1. The van der Waals surface area contributed by atoms with E-state index in [1.807, 2.05) is 0 Å². The number of benzene rings is 1. The number of hydrogen-bond donors (Lipinski definition) is 1. The van der Waals surface area contributed by atoms with Crippen molar-refractivity contribution in [3.63, 3.8) is 0 Å². The van der Waals surface area contributed by atoms with Gasteiger partial charge in [0, 0.05) is 32.1 Å². The van der Waals surface area contributed by atoms with Gasteiger partial charge in [-0.2, -0.15) is 0 Å². The summed E-state index contributed by atoms with van der Waals surface area (Å²) in [7, 11) is 0. The number of amides is 1. The van der Waals surface area contributed by atoms with E-state index in [-0.39, 0.29) is 5.91 Å². The normalized spacial score (nSPS) is 28.0. The molecule has 0 aromatic heterocycles. The SMILES string of the molecule is CC(C)CC(=O)NC1CCC2CN(Cc3ccccc3)CC21. The van der Waals surface area contributed by atoms with Crippen LogP contribution in [0.15, 0.2) is 30.3 Å². The van der Waals surface area contributed by atoms with Crippen LogP contribution in [0, 0.1) is 17.8 Å². The van der Waals surface area contributed by atoms with E-state index >= 15 is 0 Å². The van der Waals surface area contributed by atoms with E-state index < -0.39 is 0 Å². The third kappa shape index (κ3) is 3.70. The summed E-state index contributed by atoms with van der Waals surface area (Å²) in [6, 6.07) is 11.1. The lowest BCUT2D eigenvalue weighted by Gasteiger charge is -2.22. The number of carbonyl (C=O) groups is 1. The standard InChI is InChI=1S/C19H28N2O/c1-14(2)10-19(22)20-18-9-8-16-12-21(13-17(16)18)11-15-6-4-3-5-7-15/h3-7,14,16-18H,8-13H2,1-2H3,(H,20,22). The first kappa shape index (κ1) is 15.5. The molecule has 0 radical (unpaired) electrons. The third-order valence-corrected chi connectivity index (χ3v) is 5.12. The lowest BCUT2D eigenvalue weighted by molar-refractivity contribution is -0.122. The summed E-state index contributed by atoms with van der Waals surface area (Å²) in [6.45, 7) is 7.57. The molecule has 1 heterocycles. The van der Waals surface area contributed by atoms with Crippen molar-refractivity contribution in [2.75, 3.05) is 13.1 Å². The Morgan fingerprint density at radius 1 is 1.23 bits per heavy atom. The van der Waals surface area contributed by atoms with E-state index in [9.17, 15) is 4.79 Å². The largest absolute Gasteiger partial charge is 0.353 e. The molecule has 0 bridgehead atoms.